The minimum atomic E-state index is 0.419. The van der Waals surface area contributed by atoms with Gasteiger partial charge in [0.2, 0.25) is 5.69 Å². The Balaban J connectivity index is 2.06. The maximum atomic E-state index is 12.0. The number of hydrogen-bond acceptors (Lipinski definition) is 4. The molecule has 118 valence electrons. The highest BCUT2D eigenvalue weighted by molar-refractivity contribution is 5.41. The Hall–Kier alpha value is -3.08. The fourth-order valence-electron chi connectivity index (χ4n) is 1.75. The van der Waals surface area contributed by atoms with Crippen molar-refractivity contribution in [2.45, 2.75) is 0 Å². The molecule has 0 heterocycles. The first-order chi connectivity index (χ1) is 11.2. The smallest absolute Gasteiger partial charge is 0.245 e. The van der Waals surface area contributed by atoms with Gasteiger partial charge in [-0.1, -0.05) is 30.2 Å². The molecule has 5 heteroatoms. The van der Waals surface area contributed by atoms with E-state index >= 15 is 0 Å². The van der Waals surface area contributed by atoms with E-state index in [4.69, 9.17) is 9.47 Å². The molecule has 0 fully saturated rings. The molecule has 0 aromatic heterocycles. The van der Waals surface area contributed by atoms with Crippen LogP contribution in [0.25, 0.3) is 0 Å². The molecule has 0 aliphatic rings. The van der Waals surface area contributed by atoms with E-state index in [0.717, 1.165) is 0 Å². The van der Waals surface area contributed by atoms with Crippen LogP contribution in [0.4, 0.5) is 11.4 Å². The molecular weight excluding hydrogens is 292 g/mol. The monoisotopic (exact) mass is 310 g/mol. The predicted molar refractivity (Wildman–Crippen MR) is 89.6 cm³/mol. The quantitative estimate of drug-likeness (QED) is 0.306. The van der Waals surface area contributed by atoms with Gasteiger partial charge in [-0.05, 0) is 36.4 Å². The number of ether oxygens (including phenoxy) is 2. The van der Waals surface area contributed by atoms with E-state index in [2.05, 4.69) is 18.3 Å². The molecule has 0 unspecified atom stereocenters. The third kappa shape index (κ3) is 5.00. The normalized spacial score (nSPS) is 10.9. The fraction of sp³-hybridized carbons (Fsp3) is 0.111. The lowest BCUT2D eigenvalue weighted by Crippen LogP contribution is -1.94. The summed E-state index contributed by atoms with van der Waals surface area (Å²) < 4.78 is 10.7. The summed E-state index contributed by atoms with van der Waals surface area (Å²) in [6, 6.07) is 13.7. The molecular formula is C18H18N2O3. The van der Waals surface area contributed by atoms with E-state index in [1.54, 1.807) is 60.7 Å². The van der Waals surface area contributed by atoms with Crippen LogP contribution in [0, 0.1) is 5.21 Å². The van der Waals surface area contributed by atoms with Crippen LogP contribution in [0.3, 0.4) is 0 Å². The van der Waals surface area contributed by atoms with E-state index in [1.165, 1.54) is 0 Å². The molecule has 0 spiro atoms. The molecule has 2 aromatic rings. The fourth-order valence-corrected chi connectivity index (χ4v) is 1.75. The molecule has 0 saturated heterocycles. The zero-order valence-corrected chi connectivity index (χ0v) is 12.7. The Kier molecular flexibility index (Phi) is 5.94. The van der Waals surface area contributed by atoms with Gasteiger partial charge in [-0.2, -0.15) is 0 Å². The molecule has 0 radical (unpaired) electrons. The Morgan fingerprint density at radius 3 is 1.83 bits per heavy atom. The molecule has 0 N–H and O–H groups in total. The largest absolute Gasteiger partial charge is 0.594 e. The van der Waals surface area contributed by atoms with Gasteiger partial charge in [0.1, 0.15) is 30.4 Å². The number of nitrogens with zero attached hydrogens (tertiary/aromatic N) is 2. The summed E-state index contributed by atoms with van der Waals surface area (Å²) in [5.41, 5.74) is 0.959. The molecule has 0 bridgehead atoms. The van der Waals surface area contributed by atoms with Crippen LogP contribution >= 0.6 is 0 Å². The Bertz CT molecular complexity index is 676. The lowest BCUT2D eigenvalue weighted by atomic mass is 10.3. The third-order valence-corrected chi connectivity index (χ3v) is 2.84. The Morgan fingerprint density at radius 2 is 1.35 bits per heavy atom. The van der Waals surface area contributed by atoms with Crippen LogP contribution in [0.5, 0.6) is 11.5 Å². The highest BCUT2D eigenvalue weighted by Crippen LogP contribution is 2.22. The van der Waals surface area contributed by atoms with Crippen molar-refractivity contribution in [2.24, 2.45) is 5.11 Å². The van der Waals surface area contributed by atoms with E-state index in [0.29, 0.717) is 40.9 Å². The van der Waals surface area contributed by atoms with Crippen LogP contribution in [-0.4, -0.2) is 18.1 Å². The summed E-state index contributed by atoms with van der Waals surface area (Å²) in [6.45, 7) is 8.02. The van der Waals surface area contributed by atoms with Crippen LogP contribution in [0.1, 0.15) is 0 Å². The molecule has 0 aliphatic carbocycles. The minimum absolute atomic E-state index is 0.419. The molecule has 0 amide bonds. The second-order valence-electron chi connectivity index (χ2n) is 4.56. The average Bonchev–Trinajstić information content (AvgIpc) is 2.59. The molecule has 0 atom stereocenters. The zero-order valence-electron chi connectivity index (χ0n) is 12.7. The van der Waals surface area contributed by atoms with Gasteiger partial charge >= 0.3 is 0 Å². The van der Waals surface area contributed by atoms with Crippen LogP contribution < -0.4 is 9.47 Å². The van der Waals surface area contributed by atoms with Crippen molar-refractivity contribution in [3.63, 3.8) is 0 Å². The predicted octanol–water partition coefficient (Wildman–Crippen LogP) is 4.74. The summed E-state index contributed by atoms with van der Waals surface area (Å²) in [6.07, 6.45) is 3.33. The molecule has 0 aliphatic heterocycles. The summed E-state index contributed by atoms with van der Waals surface area (Å²) in [5, 5.41) is 16.0. The van der Waals surface area contributed by atoms with E-state index in [9.17, 15) is 5.21 Å². The van der Waals surface area contributed by atoms with Crippen LogP contribution in [0.15, 0.2) is 79.0 Å². The summed E-state index contributed by atoms with van der Waals surface area (Å²) in [4.78, 5) is 0.566. The highest BCUT2D eigenvalue weighted by Gasteiger charge is 2.05. The number of rotatable bonds is 8. The second-order valence-corrected chi connectivity index (χ2v) is 4.56. The van der Waals surface area contributed by atoms with Gasteiger partial charge in [-0.3, -0.25) is 0 Å². The Labute approximate surface area is 135 Å². The molecule has 0 saturated carbocycles. The SMILES string of the molecule is C=CCOc1ccc(N=[N+]([O-])c2ccc(OCC=C)cc2)cc1. The number of benzene rings is 2. The summed E-state index contributed by atoms with van der Waals surface area (Å²) in [7, 11) is 0. The third-order valence-electron chi connectivity index (χ3n) is 2.84. The van der Waals surface area contributed by atoms with Gasteiger partial charge in [-0.25, -0.2) is 0 Å². The van der Waals surface area contributed by atoms with Crippen LogP contribution in [-0.2, 0) is 0 Å². The van der Waals surface area contributed by atoms with Gasteiger partial charge < -0.3 is 14.7 Å². The topological polar surface area (TPSA) is 56.9 Å². The van der Waals surface area contributed by atoms with E-state index in [-0.39, 0.29) is 0 Å². The average molecular weight is 310 g/mol. The van der Waals surface area contributed by atoms with Crippen molar-refractivity contribution in [1.29, 1.82) is 0 Å². The van der Waals surface area contributed by atoms with E-state index < -0.39 is 0 Å². The molecule has 23 heavy (non-hydrogen) atoms. The van der Waals surface area contributed by atoms with Gasteiger partial charge in [0, 0.05) is 17.2 Å². The van der Waals surface area contributed by atoms with Gasteiger partial charge in [0.25, 0.3) is 0 Å². The van der Waals surface area contributed by atoms with E-state index in [1.807, 2.05) is 0 Å². The van der Waals surface area contributed by atoms with Crippen LogP contribution in [0.2, 0.25) is 0 Å². The van der Waals surface area contributed by atoms with Crippen molar-refractivity contribution in [3.8, 4) is 11.5 Å². The number of azo groups is 1. The second kappa shape index (κ2) is 8.38. The minimum Gasteiger partial charge on any atom is -0.594 e. The van der Waals surface area contributed by atoms with Gasteiger partial charge in [-0.15, -0.1) is 0 Å². The highest BCUT2D eigenvalue weighted by atomic mass is 16.5. The van der Waals surface area contributed by atoms with Crippen molar-refractivity contribution in [2.75, 3.05) is 13.2 Å². The van der Waals surface area contributed by atoms with Crippen molar-refractivity contribution < 1.29 is 14.3 Å². The molecule has 5 nitrogen and oxygen atoms in total. The van der Waals surface area contributed by atoms with Crippen molar-refractivity contribution in [1.82, 2.24) is 0 Å². The first kappa shape index (κ1) is 16.3. The Morgan fingerprint density at radius 1 is 0.870 bits per heavy atom. The maximum absolute atomic E-state index is 12.0. The lowest BCUT2D eigenvalue weighted by Gasteiger charge is -2.04. The molecule has 2 aromatic carbocycles. The standard InChI is InChI=1S/C18H18N2O3/c1-3-13-22-17-9-5-15(6-10-17)19-20(21)16-7-11-18(12-8-16)23-14-4-2/h3-12H,1-2,13-14H2. The zero-order chi connectivity index (χ0) is 16.5. The summed E-state index contributed by atoms with van der Waals surface area (Å²) in [5.74, 6) is 1.37. The van der Waals surface area contributed by atoms with Crippen molar-refractivity contribution >= 4 is 11.4 Å². The van der Waals surface area contributed by atoms with Gasteiger partial charge in [0.15, 0.2) is 0 Å². The summed E-state index contributed by atoms with van der Waals surface area (Å²) >= 11 is 0. The van der Waals surface area contributed by atoms with Gasteiger partial charge in [0.05, 0.1) is 0 Å². The lowest BCUT2D eigenvalue weighted by molar-refractivity contribution is -0.435. The first-order valence-corrected chi connectivity index (χ1v) is 7.09. The maximum Gasteiger partial charge on any atom is 0.245 e. The first-order valence-electron chi connectivity index (χ1n) is 7.09. The number of hydrogen-bond donors (Lipinski definition) is 0. The molecule has 2 rings (SSSR count). The van der Waals surface area contributed by atoms with Crippen molar-refractivity contribution in [3.05, 3.63) is 79.0 Å².